The zero-order valence-corrected chi connectivity index (χ0v) is 12.9. The first-order chi connectivity index (χ1) is 10.2. The van der Waals surface area contributed by atoms with E-state index in [9.17, 15) is 18.5 Å². The van der Waals surface area contributed by atoms with Gasteiger partial charge in [-0.2, -0.15) is 0 Å². The molecule has 116 valence electrons. The van der Waals surface area contributed by atoms with Crippen molar-refractivity contribution in [2.45, 2.75) is 0 Å². The number of rotatable bonds is 5. The monoisotopic (exact) mass is 342 g/mol. The van der Waals surface area contributed by atoms with Crippen LogP contribution in [0.3, 0.4) is 0 Å². The van der Waals surface area contributed by atoms with Crippen molar-refractivity contribution in [2.24, 2.45) is 0 Å². The summed E-state index contributed by atoms with van der Waals surface area (Å²) >= 11 is 5.76. The van der Waals surface area contributed by atoms with Gasteiger partial charge >= 0.3 is 0 Å². The predicted molar refractivity (Wildman–Crippen MR) is 83.1 cm³/mol. The number of sulfonamides is 1. The van der Waals surface area contributed by atoms with Crippen LogP contribution in [0.25, 0.3) is 0 Å². The van der Waals surface area contributed by atoms with Gasteiger partial charge in [-0.05, 0) is 24.3 Å². The number of nitro groups is 1. The smallest absolute Gasteiger partial charge is 0.275 e. The third-order valence-corrected chi connectivity index (χ3v) is 3.31. The molecule has 0 fully saturated rings. The summed E-state index contributed by atoms with van der Waals surface area (Å²) in [5.74, 6) is 0.540. The van der Waals surface area contributed by atoms with E-state index in [0.29, 0.717) is 10.8 Å². The summed E-state index contributed by atoms with van der Waals surface area (Å²) in [6.45, 7) is 0. The normalized spacial score (nSPS) is 11.0. The molecule has 0 aliphatic heterocycles. The van der Waals surface area contributed by atoms with Crippen molar-refractivity contribution in [3.05, 3.63) is 57.6 Å². The van der Waals surface area contributed by atoms with Crippen molar-refractivity contribution < 1.29 is 18.1 Å². The molecule has 0 amide bonds. The standard InChI is InChI=1S/C13H11ClN2O5S/c1-22(19,20)15-10-6-11(16(17)18)8-13(7-10)21-12-4-2-9(14)3-5-12/h2-8,15H,1H3. The van der Waals surface area contributed by atoms with E-state index in [4.69, 9.17) is 16.3 Å². The van der Waals surface area contributed by atoms with E-state index in [1.54, 1.807) is 24.3 Å². The molecule has 9 heteroatoms. The summed E-state index contributed by atoms with van der Waals surface area (Å²) in [6.07, 6.45) is 0.950. The SMILES string of the molecule is CS(=O)(=O)Nc1cc(Oc2ccc(Cl)cc2)cc([N+](=O)[O-])c1. The first kappa shape index (κ1) is 16.1. The van der Waals surface area contributed by atoms with Gasteiger partial charge in [-0.3, -0.25) is 14.8 Å². The van der Waals surface area contributed by atoms with Gasteiger partial charge in [-0.15, -0.1) is 0 Å². The average Bonchev–Trinajstić information content (AvgIpc) is 2.39. The van der Waals surface area contributed by atoms with Gasteiger partial charge < -0.3 is 4.74 Å². The first-order valence-corrected chi connectivity index (χ1v) is 8.20. The van der Waals surface area contributed by atoms with Gasteiger partial charge in [0.1, 0.15) is 11.5 Å². The lowest BCUT2D eigenvalue weighted by Crippen LogP contribution is -2.09. The highest BCUT2D eigenvalue weighted by Crippen LogP contribution is 2.30. The Morgan fingerprint density at radius 1 is 1.14 bits per heavy atom. The van der Waals surface area contributed by atoms with Crippen LogP contribution >= 0.6 is 11.6 Å². The number of anilines is 1. The Hall–Kier alpha value is -2.32. The lowest BCUT2D eigenvalue weighted by molar-refractivity contribution is -0.384. The minimum atomic E-state index is -3.56. The fourth-order valence-electron chi connectivity index (χ4n) is 1.66. The Balaban J connectivity index is 2.37. The Morgan fingerprint density at radius 3 is 2.32 bits per heavy atom. The zero-order valence-electron chi connectivity index (χ0n) is 11.3. The summed E-state index contributed by atoms with van der Waals surface area (Å²) in [5, 5.41) is 11.4. The fourth-order valence-corrected chi connectivity index (χ4v) is 2.33. The van der Waals surface area contributed by atoms with Gasteiger partial charge in [0.15, 0.2) is 0 Å². The topological polar surface area (TPSA) is 98.5 Å². The average molecular weight is 343 g/mol. The van der Waals surface area contributed by atoms with Crippen molar-refractivity contribution in [1.29, 1.82) is 0 Å². The van der Waals surface area contributed by atoms with Crippen LogP contribution in [0.5, 0.6) is 11.5 Å². The zero-order chi connectivity index (χ0) is 16.3. The highest BCUT2D eigenvalue weighted by atomic mass is 35.5. The van der Waals surface area contributed by atoms with Gasteiger partial charge in [0.05, 0.1) is 22.9 Å². The number of benzene rings is 2. The molecule has 0 saturated carbocycles. The molecule has 0 saturated heterocycles. The van der Waals surface area contributed by atoms with E-state index >= 15 is 0 Å². The molecule has 0 aliphatic rings. The molecule has 0 unspecified atom stereocenters. The lowest BCUT2D eigenvalue weighted by atomic mass is 10.2. The van der Waals surface area contributed by atoms with E-state index in [1.165, 1.54) is 12.1 Å². The number of nitro benzene ring substituents is 1. The van der Waals surface area contributed by atoms with Crippen LogP contribution in [0.4, 0.5) is 11.4 Å². The maximum absolute atomic E-state index is 11.3. The second kappa shape index (κ2) is 6.20. The predicted octanol–water partition coefficient (Wildman–Crippen LogP) is 3.41. The molecular formula is C13H11ClN2O5S. The number of halogens is 1. The van der Waals surface area contributed by atoms with Crippen LogP contribution in [0.2, 0.25) is 5.02 Å². The number of non-ortho nitro benzene ring substituents is 1. The second-order valence-electron chi connectivity index (χ2n) is 4.40. The van der Waals surface area contributed by atoms with Crippen molar-refractivity contribution in [3.8, 4) is 11.5 Å². The largest absolute Gasteiger partial charge is 0.457 e. The van der Waals surface area contributed by atoms with Gasteiger partial charge in [0, 0.05) is 17.2 Å². The summed E-state index contributed by atoms with van der Waals surface area (Å²) in [5.41, 5.74) is -0.252. The fraction of sp³-hybridized carbons (Fsp3) is 0.0769. The highest BCUT2D eigenvalue weighted by molar-refractivity contribution is 7.92. The summed E-state index contributed by atoms with van der Waals surface area (Å²) in [4.78, 5) is 10.3. The molecule has 0 spiro atoms. The van der Waals surface area contributed by atoms with Crippen LogP contribution in [-0.2, 0) is 10.0 Å². The first-order valence-electron chi connectivity index (χ1n) is 5.94. The van der Waals surface area contributed by atoms with Crippen LogP contribution < -0.4 is 9.46 Å². The van der Waals surface area contributed by atoms with Crippen LogP contribution in [0, 0.1) is 10.1 Å². The molecule has 0 aliphatic carbocycles. The van der Waals surface area contributed by atoms with E-state index in [1.807, 2.05) is 0 Å². The number of hydrogen-bond donors (Lipinski definition) is 1. The Labute approximate surface area is 131 Å². The number of ether oxygens (including phenoxy) is 1. The minimum Gasteiger partial charge on any atom is -0.457 e. The van der Waals surface area contributed by atoms with Gasteiger partial charge in [0.2, 0.25) is 10.0 Å². The quantitative estimate of drug-likeness (QED) is 0.663. The number of nitrogens with one attached hydrogen (secondary N) is 1. The molecule has 22 heavy (non-hydrogen) atoms. The molecule has 0 heterocycles. The lowest BCUT2D eigenvalue weighted by Gasteiger charge is -2.09. The minimum absolute atomic E-state index is 0.0423. The van der Waals surface area contributed by atoms with Gasteiger partial charge in [-0.25, -0.2) is 8.42 Å². The van der Waals surface area contributed by atoms with Crippen molar-refractivity contribution in [2.75, 3.05) is 11.0 Å². The third kappa shape index (κ3) is 4.61. The summed E-state index contributed by atoms with van der Waals surface area (Å²) in [7, 11) is -3.56. The third-order valence-electron chi connectivity index (χ3n) is 2.45. The van der Waals surface area contributed by atoms with E-state index < -0.39 is 14.9 Å². The van der Waals surface area contributed by atoms with Crippen molar-refractivity contribution >= 4 is 33.0 Å². The Bertz CT molecular complexity index is 806. The Morgan fingerprint density at radius 2 is 1.77 bits per heavy atom. The second-order valence-corrected chi connectivity index (χ2v) is 6.59. The maximum Gasteiger partial charge on any atom is 0.275 e. The summed E-state index contributed by atoms with van der Waals surface area (Å²) in [6, 6.07) is 10.0. The van der Waals surface area contributed by atoms with E-state index in [2.05, 4.69) is 4.72 Å². The van der Waals surface area contributed by atoms with Gasteiger partial charge in [0.25, 0.3) is 5.69 Å². The van der Waals surface area contributed by atoms with Crippen LogP contribution in [0.1, 0.15) is 0 Å². The molecule has 0 radical (unpaired) electrons. The number of hydrogen-bond acceptors (Lipinski definition) is 5. The molecule has 7 nitrogen and oxygen atoms in total. The van der Waals surface area contributed by atoms with Crippen molar-refractivity contribution in [3.63, 3.8) is 0 Å². The van der Waals surface area contributed by atoms with Crippen LogP contribution in [0.15, 0.2) is 42.5 Å². The molecule has 2 aromatic rings. The van der Waals surface area contributed by atoms with E-state index in [0.717, 1.165) is 12.3 Å². The molecular weight excluding hydrogens is 332 g/mol. The van der Waals surface area contributed by atoms with Crippen molar-refractivity contribution in [1.82, 2.24) is 0 Å². The summed E-state index contributed by atoms with van der Waals surface area (Å²) < 4.78 is 30.2. The maximum atomic E-state index is 11.3. The molecule has 2 aromatic carbocycles. The Kier molecular flexibility index (Phi) is 4.53. The molecule has 0 aromatic heterocycles. The highest BCUT2D eigenvalue weighted by Gasteiger charge is 2.13. The molecule has 0 atom stereocenters. The molecule has 0 bridgehead atoms. The van der Waals surface area contributed by atoms with Gasteiger partial charge in [-0.1, -0.05) is 11.6 Å². The van der Waals surface area contributed by atoms with Crippen LogP contribution in [-0.4, -0.2) is 19.6 Å². The van der Waals surface area contributed by atoms with E-state index in [-0.39, 0.29) is 17.1 Å². The number of nitrogens with zero attached hydrogens (tertiary/aromatic N) is 1. The molecule has 2 rings (SSSR count). The molecule has 1 N–H and O–H groups in total.